The quantitative estimate of drug-likeness (QED) is 0.767. The number of benzene rings is 1. The van der Waals surface area contributed by atoms with Gasteiger partial charge in [-0.2, -0.15) is 5.10 Å². The van der Waals surface area contributed by atoms with Crippen molar-refractivity contribution in [3.8, 4) is 16.9 Å². The van der Waals surface area contributed by atoms with E-state index in [0.29, 0.717) is 6.54 Å². The summed E-state index contributed by atoms with van der Waals surface area (Å²) in [6.07, 6.45) is 4.64. The van der Waals surface area contributed by atoms with Gasteiger partial charge in [0.25, 0.3) is 0 Å². The average Bonchev–Trinajstić information content (AvgIpc) is 3.18. The third-order valence-electron chi connectivity index (χ3n) is 3.79. The number of aliphatic hydroxyl groups excluding tert-OH is 1. The van der Waals surface area contributed by atoms with Crippen molar-refractivity contribution >= 4 is 11.5 Å². The van der Waals surface area contributed by atoms with Crippen LogP contribution >= 0.6 is 0 Å². The number of nitrogens with one attached hydrogen (secondary N) is 1. The lowest BCUT2D eigenvalue weighted by Crippen LogP contribution is -2.07. The summed E-state index contributed by atoms with van der Waals surface area (Å²) in [7, 11) is 0. The fraction of sp³-hybridized carbons (Fsp3) is 0.250. The molecular weight excluding hydrogens is 280 g/mol. The van der Waals surface area contributed by atoms with Crippen molar-refractivity contribution < 1.29 is 9.84 Å². The van der Waals surface area contributed by atoms with E-state index in [1.54, 1.807) is 4.52 Å². The molecule has 1 aromatic carbocycles. The number of rotatable bonds is 4. The van der Waals surface area contributed by atoms with E-state index < -0.39 is 0 Å². The Kier molecular flexibility index (Phi) is 3.16. The van der Waals surface area contributed by atoms with Crippen LogP contribution in [-0.2, 0) is 6.42 Å². The highest BCUT2D eigenvalue weighted by atomic mass is 16.5. The van der Waals surface area contributed by atoms with Crippen LogP contribution in [0, 0.1) is 0 Å². The number of anilines is 1. The molecule has 4 rings (SSSR count). The molecular formula is C16H16N4O2. The van der Waals surface area contributed by atoms with Gasteiger partial charge < -0.3 is 15.2 Å². The molecule has 0 bridgehead atoms. The Hall–Kier alpha value is -2.60. The van der Waals surface area contributed by atoms with E-state index in [1.807, 2.05) is 30.6 Å². The Balaban J connectivity index is 1.77. The van der Waals surface area contributed by atoms with Crippen LogP contribution in [0.2, 0.25) is 0 Å². The summed E-state index contributed by atoms with van der Waals surface area (Å²) < 4.78 is 7.30. The SMILES string of the molecule is OCCNc1ccn2ncc(-c3ccc4c(c3)CCO4)c2n1. The summed E-state index contributed by atoms with van der Waals surface area (Å²) in [5, 5.41) is 16.3. The highest BCUT2D eigenvalue weighted by Gasteiger charge is 2.15. The van der Waals surface area contributed by atoms with Crippen molar-refractivity contribution in [2.75, 3.05) is 25.1 Å². The second kappa shape index (κ2) is 5.31. The van der Waals surface area contributed by atoms with Crippen LogP contribution < -0.4 is 10.1 Å². The number of hydrogen-bond donors (Lipinski definition) is 2. The molecule has 1 aliphatic rings. The summed E-state index contributed by atoms with van der Waals surface area (Å²) in [6.45, 7) is 1.30. The molecule has 2 N–H and O–H groups in total. The van der Waals surface area contributed by atoms with E-state index in [4.69, 9.17) is 9.84 Å². The summed E-state index contributed by atoms with van der Waals surface area (Å²) in [5.41, 5.74) is 4.10. The zero-order chi connectivity index (χ0) is 14.9. The minimum atomic E-state index is 0.0732. The molecule has 1 aliphatic heterocycles. The van der Waals surface area contributed by atoms with Gasteiger partial charge in [-0.3, -0.25) is 0 Å². The maximum Gasteiger partial charge on any atom is 0.165 e. The van der Waals surface area contributed by atoms with E-state index in [-0.39, 0.29) is 6.61 Å². The Morgan fingerprint density at radius 2 is 2.27 bits per heavy atom. The third-order valence-corrected chi connectivity index (χ3v) is 3.79. The summed E-state index contributed by atoms with van der Waals surface area (Å²) in [5.74, 6) is 1.70. The minimum absolute atomic E-state index is 0.0732. The number of aliphatic hydroxyl groups is 1. The summed E-state index contributed by atoms with van der Waals surface area (Å²) in [6, 6.07) is 8.04. The lowest BCUT2D eigenvalue weighted by atomic mass is 10.0. The zero-order valence-corrected chi connectivity index (χ0v) is 12.0. The Bertz CT molecular complexity index is 828. The van der Waals surface area contributed by atoms with Crippen molar-refractivity contribution in [3.63, 3.8) is 0 Å². The van der Waals surface area contributed by atoms with Crippen molar-refractivity contribution in [1.82, 2.24) is 14.6 Å². The molecule has 22 heavy (non-hydrogen) atoms. The first kappa shape index (κ1) is 13.1. The fourth-order valence-electron chi connectivity index (χ4n) is 2.71. The van der Waals surface area contributed by atoms with Gasteiger partial charge in [0.15, 0.2) is 5.65 Å². The Morgan fingerprint density at radius 3 is 3.18 bits per heavy atom. The second-order valence-electron chi connectivity index (χ2n) is 5.21. The molecule has 0 fully saturated rings. The first-order valence-electron chi connectivity index (χ1n) is 7.30. The monoisotopic (exact) mass is 296 g/mol. The predicted molar refractivity (Wildman–Crippen MR) is 83.2 cm³/mol. The van der Waals surface area contributed by atoms with Crippen molar-refractivity contribution in [2.24, 2.45) is 0 Å². The fourth-order valence-corrected chi connectivity index (χ4v) is 2.71. The lowest BCUT2D eigenvalue weighted by Gasteiger charge is -2.05. The van der Waals surface area contributed by atoms with Gasteiger partial charge in [0.2, 0.25) is 0 Å². The standard InChI is InChI=1S/C16H16N4O2/c21-7-5-17-15-3-6-20-16(19-15)13(10-18-20)11-1-2-14-12(9-11)4-8-22-14/h1-3,6,9-10,21H,4-5,7-8H2,(H,17,19). The van der Waals surface area contributed by atoms with Crippen LogP contribution in [0.25, 0.3) is 16.8 Å². The van der Waals surface area contributed by atoms with Crippen LogP contribution in [0.1, 0.15) is 5.56 Å². The molecule has 0 saturated heterocycles. The van der Waals surface area contributed by atoms with Crippen LogP contribution in [-0.4, -0.2) is 39.5 Å². The highest BCUT2D eigenvalue weighted by molar-refractivity contribution is 5.78. The number of aromatic nitrogens is 3. The number of ether oxygens (including phenoxy) is 1. The molecule has 112 valence electrons. The van der Waals surface area contributed by atoms with Crippen LogP contribution in [0.4, 0.5) is 5.82 Å². The van der Waals surface area contributed by atoms with Gasteiger partial charge in [-0.25, -0.2) is 9.50 Å². The van der Waals surface area contributed by atoms with E-state index in [0.717, 1.165) is 41.4 Å². The lowest BCUT2D eigenvalue weighted by molar-refractivity contribution is 0.311. The molecule has 6 nitrogen and oxygen atoms in total. The smallest absolute Gasteiger partial charge is 0.165 e. The predicted octanol–water partition coefficient (Wildman–Crippen LogP) is 1.74. The largest absolute Gasteiger partial charge is 0.493 e. The molecule has 2 aromatic heterocycles. The van der Waals surface area contributed by atoms with E-state index in [2.05, 4.69) is 21.5 Å². The van der Waals surface area contributed by atoms with Gasteiger partial charge in [-0.1, -0.05) is 6.07 Å². The average molecular weight is 296 g/mol. The minimum Gasteiger partial charge on any atom is -0.493 e. The molecule has 0 aliphatic carbocycles. The van der Waals surface area contributed by atoms with E-state index in [9.17, 15) is 0 Å². The normalized spacial score (nSPS) is 13.1. The molecule has 0 radical (unpaired) electrons. The molecule has 0 unspecified atom stereocenters. The Morgan fingerprint density at radius 1 is 1.32 bits per heavy atom. The maximum atomic E-state index is 8.90. The van der Waals surface area contributed by atoms with Gasteiger partial charge in [0.05, 0.1) is 19.4 Å². The van der Waals surface area contributed by atoms with Gasteiger partial charge in [-0.15, -0.1) is 0 Å². The summed E-state index contributed by atoms with van der Waals surface area (Å²) >= 11 is 0. The molecule has 3 heterocycles. The number of hydrogen-bond acceptors (Lipinski definition) is 5. The van der Waals surface area contributed by atoms with Crippen molar-refractivity contribution in [2.45, 2.75) is 6.42 Å². The summed E-state index contributed by atoms with van der Waals surface area (Å²) in [4.78, 5) is 4.59. The van der Waals surface area contributed by atoms with E-state index >= 15 is 0 Å². The molecule has 6 heteroatoms. The first-order chi connectivity index (χ1) is 10.8. The maximum absolute atomic E-state index is 8.90. The third kappa shape index (κ3) is 2.17. The second-order valence-corrected chi connectivity index (χ2v) is 5.21. The Labute approximate surface area is 127 Å². The molecule has 0 atom stereocenters. The van der Waals surface area contributed by atoms with Crippen molar-refractivity contribution in [1.29, 1.82) is 0 Å². The van der Waals surface area contributed by atoms with Gasteiger partial charge >= 0.3 is 0 Å². The van der Waals surface area contributed by atoms with Gasteiger partial charge in [-0.05, 0) is 29.3 Å². The van der Waals surface area contributed by atoms with Crippen molar-refractivity contribution in [3.05, 3.63) is 42.2 Å². The highest BCUT2D eigenvalue weighted by Crippen LogP contribution is 2.32. The van der Waals surface area contributed by atoms with Crippen LogP contribution in [0.5, 0.6) is 5.75 Å². The zero-order valence-electron chi connectivity index (χ0n) is 12.0. The van der Waals surface area contributed by atoms with Crippen LogP contribution in [0.15, 0.2) is 36.7 Å². The van der Waals surface area contributed by atoms with Gasteiger partial charge in [0.1, 0.15) is 11.6 Å². The number of nitrogens with zero attached hydrogens (tertiary/aromatic N) is 3. The topological polar surface area (TPSA) is 71.7 Å². The first-order valence-corrected chi connectivity index (χ1v) is 7.30. The van der Waals surface area contributed by atoms with Crippen LogP contribution in [0.3, 0.4) is 0 Å². The molecule has 0 amide bonds. The molecule has 0 saturated carbocycles. The van der Waals surface area contributed by atoms with Gasteiger partial charge in [0, 0.05) is 24.7 Å². The van der Waals surface area contributed by atoms with E-state index in [1.165, 1.54) is 5.56 Å². The molecule has 3 aromatic rings. The number of fused-ring (bicyclic) bond motifs is 2. The molecule has 0 spiro atoms.